The smallest absolute Gasteiger partial charge is 0.141 e. The summed E-state index contributed by atoms with van der Waals surface area (Å²) in [6.45, 7) is 4.27. The molecule has 3 atom stereocenters. The molecule has 3 N–H and O–H groups in total. The van der Waals surface area contributed by atoms with Gasteiger partial charge in [-0.25, -0.2) is 4.39 Å². The Morgan fingerprint density at radius 1 is 1.60 bits per heavy atom. The van der Waals surface area contributed by atoms with Gasteiger partial charge in [0.1, 0.15) is 5.82 Å². The van der Waals surface area contributed by atoms with Crippen LogP contribution in [0.5, 0.6) is 0 Å². The van der Waals surface area contributed by atoms with Crippen LogP contribution in [0.25, 0.3) is 0 Å². The number of halogens is 1. The topological polar surface area (TPSA) is 71.6 Å². The molecule has 0 amide bonds. The van der Waals surface area contributed by atoms with Crippen LogP contribution < -0.4 is 5.73 Å². The zero-order chi connectivity index (χ0) is 14.5. The van der Waals surface area contributed by atoms with Crippen molar-refractivity contribution in [3.63, 3.8) is 0 Å². The van der Waals surface area contributed by atoms with Crippen molar-refractivity contribution >= 4 is 0 Å². The summed E-state index contributed by atoms with van der Waals surface area (Å²) in [7, 11) is 0. The van der Waals surface area contributed by atoms with Crippen molar-refractivity contribution < 1.29 is 14.2 Å². The number of ether oxygens (including phenoxy) is 1. The van der Waals surface area contributed by atoms with E-state index in [2.05, 4.69) is 16.8 Å². The molecule has 20 heavy (non-hydrogen) atoms. The summed E-state index contributed by atoms with van der Waals surface area (Å²) in [5.74, 6) is -0.353. The molecule has 3 unspecified atom stereocenters. The third-order valence-corrected chi connectivity index (χ3v) is 3.70. The third kappa shape index (κ3) is 3.96. The second-order valence-electron chi connectivity index (χ2n) is 5.28. The number of nitrogens with two attached hydrogens (primary N) is 1. The van der Waals surface area contributed by atoms with Gasteiger partial charge < -0.3 is 15.6 Å². The molecule has 1 fully saturated rings. The van der Waals surface area contributed by atoms with Crippen molar-refractivity contribution in [2.45, 2.75) is 31.5 Å². The van der Waals surface area contributed by atoms with E-state index < -0.39 is 0 Å². The van der Waals surface area contributed by atoms with Crippen LogP contribution >= 0.6 is 0 Å². The predicted octanol–water partition coefficient (Wildman–Crippen LogP) is 0.692. The van der Waals surface area contributed by atoms with Crippen LogP contribution in [0.15, 0.2) is 18.3 Å². The first kappa shape index (κ1) is 15.3. The molecule has 1 aromatic heterocycles. The highest BCUT2D eigenvalue weighted by Crippen LogP contribution is 2.16. The summed E-state index contributed by atoms with van der Waals surface area (Å²) in [5, 5.41) is 9.15. The van der Waals surface area contributed by atoms with Crippen LogP contribution in [-0.2, 0) is 4.74 Å². The van der Waals surface area contributed by atoms with Crippen LogP contribution in [-0.4, -0.2) is 53.4 Å². The summed E-state index contributed by atoms with van der Waals surface area (Å²) in [4.78, 5) is 6.27. The molecule has 2 rings (SSSR count). The SMILES string of the molecule is CC1COC(CO)CN1CCC(N)c1ccc(F)cn1. The molecule has 1 aromatic rings. The Labute approximate surface area is 118 Å². The average Bonchev–Trinajstić information content (AvgIpc) is 2.47. The highest BCUT2D eigenvalue weighted by molar-refractivity contribution is 5.09. The minimum atomic E-state index is -0.353. The molecular weight excluding hydrogens is 261 g/mol. The fourth-order valence-corrected chi connectivity index (χ4v) is 2.36. The molecule has 0 spiro atoms. The fraction of sp³-hybridized carbons (Fsp3) is 0.643. The Balaban J connectivity index is 1.85. The highest BCUT2D eigenvalue weighted by atomic mass is 19.1. The average molecular weight is 283 g/mol. The van der Waals surface area contributed by atoms with E-state index >= 15 is 0 Å². The van der Waals surface area contributed by atoms with Crippen molar-refractivity contribution in [2.24, 2.45) is 5.73 Å². The number of pyridine rings is 1. The van der Waals surface area contributed by atoms with E-state index in [0.29, 0.717) is 24.9 Å². The zero-order valence-electron chi connectivity index (χ0n) is 11.7. The molecule has 1 aliphatic rings. The first-order chi connectivity index (χ1) is 9.60. The van der Waals surface area contributed by atoms with Gasteiger partial charge in [-0.15, -0.1) is 0 Å². The predicted molar refractivity (Wildman–Crippen MR) is 73.6 cm³/mol. The number of rotatable bonds is 5. The minimum absolute atomic E-state index is 0.0365. The van der Waals surface area contributed by atoms with Gasteiger partial charge in [-0.2, -0.15) is 0 Å². The maximum absolute atomic E-state index is 12.8. The summed E-state index contributed by atoms with van der Waals surface area (Å²) in [5.41, 5.74) is 6.78. The van der Waals surface area contributed by atoms with Crippen LogP contribution in [0.1, 0.15) is 25.1 Å². The van der Waals surface area contributed by atoms with Gasteiger partial charge >= 0.3 is 0 Å². The lowest BCUT2D eigenvalue weighted by Crippen LogP contribution is -2.50. The third-order valence-electron chi connectivity index (χ3n) is 3.70. The molecule has 6 heteroatoms. The van der Waals surface area contributed by atoms with E-state index in [1.165, 1.54) is 12.3 Å². The minimum Gasteiger partial charge on any atom is -0.394 e. The van der Waals surface area contributed by atoms with Crippen LogP contribution in [0.2, 0.25) is 0 Å². The van der Waals surface area contributed by atoms with E-state index in [-0.39, 0.29) is 24.6 Å². The van der Waals surface area contributed by atoms with Gasteiger partial charge in [0.15, 0.2) is 0 Å². The van der Waals surface area contributed by atoms with Gasteiger partial charge in [0, 0.05) is 25.2 Å². The van der Waals surface area contributed by atoms with Gasteiger partial charge in [-0.1, -0.05) is 0 Å². The lowest BCUT2D eigenvalue weighted by Gasteiger charge is -2.37. The maximum Gasteiger partial charge on any atom is 0.141 e. The largest absolute Gasteiger partial charge is 0.394 e. The number of morpholine rings is 1. The van der Waals surface area contributed by atoms with Gasteiger partial charge in [-0.05, 0) is 25.5 Å². The number of hydrogen-bond acceptors (Lipinski definition) is 5. The molecule has 112 valence electrons. The summed E-state index contributed by atoms with van der Waals surface area (Å²) >= 11 is 0. The van der Waals surface area contributed by atoms with E-state index in [1.54, 1.807) is 6.07 Å². The number of hydrogen-bond donors (Lipinski definition) is 2. The maximum atomic E-state index is 12.8. The fourth-order valence-electron chi connectivity index (χ4n) is 2.36. The van der Waals surface area contributed by atoms with Gasteiger partial charge in [0.25, 0.3) is 0 Å². The first-order valence-corrected chi connectivity index (χ1v) is 6.93. The van der Waals surface area contributed by atoms with Crippen LogP contribution in [0, 0.1) is 5.82 Å². The van der Waals surface area contributed by atoms with Gasteiger partial charge in [-0.3, -0.25) is 9.88 Å². The first-order valence-electron chi connectivity index (χ1n) is 6.93. The van der Waals surface area contributed by atoms with Crippen LogP contribution in [0.4, 0.5) is 4.39 Å². The lowest BCUT2D eigenvalue weighted by molar-refractivity contribution is -0.0782. The quantitative estimate of drug-likeness (QED) is 0.832. The Bertz CT molecular complexity index is 415. The van der Waals surface area contributed by atoms with Crippen molar-refractivity contribution in [3.8, 4) is 0 Å². The lowest BCUT2D eigenvalue weighted by atomic mass is 10.1. The Morgan fingerprint density at radius 3 is 3.05 bits per heavy atom. The Kier molecular flexibility index (Phi) is 5.42. The summed E-state index contributed by atoms with van der Waals surface area (Å²) in [6.07, 6.45) is 1.81. The van der Waals surface area contributed by atoms with Crippen molar-refractivity contribution in [1.29, 1.82) is 0 Å². The number of aliphatic hydroxyl groups excluding tert-OH is 1. The summed E-state index contributed by atoms with van der Waals surface area (Å²) < 4.78 is 18.3. The van der Waals surface area contributed by atoms with Crippen molar-refractivity contribution in [3.05, 3.63) is 29.8 Å². The summed E-state index contributed by atoms with van der Waals surface area (Å²) in [6, 6.07) is 3.10. The molecule has 5 nitrogen and oxygen atoms in total. The molecule has 0 saturated carbocycles. The number of aliphatic hydroxyl groups is 1. The monoisotopic (exact) mass is 283 g/mol. The van der Waals surface area contributed by atoms with Crippen LogP contribution in [0.3, 0.4) is 0 Å². The Morgan fingerprint density at radius 2 is 2.40 bits per heavy atom. The van der Waals surface area contributed by atoms with Crippen molar-refractivity contribution in [2.75, 3.05) is 26.3 Å². The molecular formula is C14H22FN3O2. The molecule has 0 radical (unpaired) electrons. The Hall–Kier alpha value is -1.08. The van der Waals surface area contributed by atoms with E-state index in [0.717, 1.165) is 13.0 Å². The van der Waals surface area contributed by atoms with E-state index in [1.807, 2.05) is 0 Å². The van der Waals surface area contributed by atoms with Gasteiger partial charge in [0.2, 0.25) is 0 Å². The highest BCUT2D eigenvalue weighted by Gasteiger charge is 2.25. The zero-order valence-corrected chi connectivity index (χ0v) is 11.7. The van der Waals surface area contributed by atoms with E-state index in [4.69, 9.17) is 15.6 Å². The molecule has 1 saturated heterocycles. The molecule has 1 aliphatic heterocycles. The molecule has 0 aliphatic carbocycles. The van der Waals surface area contributed by atoms with Gasteiger partial charge in [0.05, 0.1) is 31.2 Å². The molecule has 0 bridgehead atoms. The standard InChI is InChI=1S/C14H22FN3O2/c1-10-9-20-12(8-19)7-18(10)5-4-13(16)14-3-2-11(15)6-17-14/h2-3,6,10,12-13,19H,4-5,7-9,16H2,1H3. The second-order valence-corrected chi connectivity index (χ2v) is 5.28. The second kappa shape index (κ2) is 7.08. The number of nitrogens with zero attached hydrogens (tertiary/aromatic N) is 2. The number of aromatic nitrogens is 1. The molecule has 2 heterocycles. The molecule has 0 aromatic carbocycles. The normalized spacial score (nSPS) is 25.6. The van der Waals surface area contributed by atoms with E-state index in [9.17, 15) is 4.39 Å². The van der Waals surface area contributed by atoms with Crippen molar-refractivity contribution in [1.82, 2.24) is 9.88 Å².